The molecule has 1 nitrogen and oxygen atoms in total. The van der Waals surface area contributed by atoms with Gasteiger partial charge in [0.1, 0.15) is 0 Å². The molecule has 1 N–H and O–H groups in total. The average Bonchev–Trinajstić information content (AvgIpc) is 2.06. The molecule has 0 aromatic heterocycles. The van der Waals surface area contributed by atoms with Gasteiger partial charge in [-0.2, -0.15) is 0 Å². The summed E-state index contributed by atoms with van der Waals surface area (Å²) in [7, 11) is 0. The first-order chi connectivity index (χ1) is 5.29. The summed E-state index contributed by atoms with van der Waals surface area (Å²) in [6.07, 6.45) is 8.57. The fourth-order valence-electron chi connectivity index (χ4n) is 1.82. The summed E-state index contributed by atoms with van der Waals surface area (Å²) in [6.45, 7) is 2.30. The predicted molar refractivity (Wildman–Crippen MR) is 47.5 cm³/mol. The normalized spacial score (nSPS) is 35.5. The molecule has 0 radical (unpaired) electrons. The largest absolute Gasteiger partial charge is 0.393 e. The zero-order chi connectivity index (χ0) is 8.10. The van der Waals surface area contributed by atoms with Crippen molar-refractivity contribution < 1.29 is 5.11 Å². The predicted octanol–water partition coefficient (Wildman–Crippen LogP) is 2.73. The molecule has 0 heterocycles. The maximum atomic E-state index is 9.46. The van der Waals surface area contributed by atoms with Crippen molar-refractivity contribution in [2.24, 2.45) is 5.92 Å². The van der Waals surface area contributed by atoms with Crippen LogP contribution in [0.15, 0.2) is 0 Å². The standard InChI is InChI=1S/C10H20O/c1-9-5-3-2-4-6-10(11)8-7-9/h9-11H,2-8H2,1H3. The lowest BCUT2D eigenvalue weighted by atomic mass is 9.99. The lowest BCUT2D eigenvalue weighted by molar-refractivity contribution is 0.146. The van der Waals surface area contributed by atoms with Crippen LogP contribution in [0.3, 0.4) is 0 Å². The lowest BCUT2D eigenvalue weighted by Crippen LogP contribution is -2.06. The molecule has 0 aromatic carbocycles. The second-order valence-corrected chi connectivity index (χ2v) is 3.97. The van der Waals surface area contributed by atoms with Gasteiger partial charge in [0.15, 0.2) is 0 Å². The molecule has 0 bridgehead atoms. The minimum absolute atomic E-state index is 0.00412. The van der Waals surface area contributed by atoms with Crippen LogP contribution >= 0.6 is 0 Å². The molecule has 1 aliphatic carbocycles. The van der Waals surface area contributed by atoms with Crippen LogP contribution in [0.5, 0.6) is 0 Å². The number of aliphatic hydroxyl groups excluding tert-OH is 1. The van der Waals surface area contributed by atoms with E-state index in [4.69, 9.17) is 0 Å². The third kappa shape index (κ3) is 3.76. The number of hydrogen-bond donors (Lipinski definition) is 1. The molecule has 1 rings (SSSR count). The van der Waals surface area contributed by atoms with E-state index < -0.39 is 0 Å². The Hall–Kier alpha value is -0.0400. The molecule has 0 aliphatic heterocycles. The smallest absolute Gasteiger partial charge is 0.0540 e. The fraction of sp³-hybridized carbons (Fsp3) is 1.00. The summed E-state index contributed by atoms with van der Waals surface area (Å²) < 4.78 is 0. The molecule has 0 aromatic rings. The molecule has 66 valence electrons. The van der Waals surface area contributed by atoms with Crippen molar-refractivity contribution in [3.8, 4) is 0 Å². The second-order valence-electron chi connectivity index (χ2n) is 3.97. The molecule has 0 amide bonds. The van der Waals surface area contributed by atoms with E-state index in [1.807, 2.05) is 0 Å². The Balaban J connectivity index is 2.25. The SMILES string of the molecule is CC1CCCCCC(O)CC1. The van der Waals surface area contributed by atoms with Gasteiger partial charge >= 0.3 is 0 Å². The van der Waals surface area contributed by atoms with E-state index in [0.717, 1.165) is 18.8 Å². The third-order valence-electron chi connectivity index (χ3n) is 2.73. The van der Waals surface area contributed by atoms with Crippen molar-refractivity contribution in [1.82, 2.24) is 0 Å². The van der Waals surface area contributed by atoms with Gasteiger partial charge in [-0.05, 0) is 25.2 Å². The first-order valence-corrected chi connectivity index (χ1v) is 4.97. The van der Waals surface area contributed by atoms with Crippen LogP contribution in [0.2, 0.25) is 0 Å². The van der Waals surface area contributed by atoms with E-state index >= 15 is 0 Å². The van der Waals surface area contributed by atoms with Gasteiger partial charge in [0.25, 0.3) is 0 Å². The molecule has 0 spiro atoms. The van der Waals surface area contributed by atoms with Gasteiger partial charge in [-0.3, -0.25) is 0 Å². The summed E-state index contributed by atoms with van der Waals surface area (Å²) in [5, 5.41) is 9.46. The summed E-state index contributed by atoms with van der Waals surface area (Å²) >= 11 is 0. The molecule has 1 fully saturated rings. The molecule has 1 saturated carbocycles. The van der Waals surface area contributed by atoms with Gasteiger partial charge < -0.3 is 5.11 Å². The molecule has 2 unspecified atom stereocenters. The van der Waals surface area contributed by atoms with E-state index in [1.54, 1.807) is 0 Å². The Morgan fingerprint density at radius 3 is 2.45 bits per heavy atom. The summed E-state index contributed by atoms with van der Waals surface area (Å²) in [6, 6.07) is 0. The maximum absolute atomic E-state index is 9.46. The van der Waals surface area contributed by atoms with E-state index in [1.165, 1.54) is 32.1 Å². The highest BCUT2D eigenvalue weighted by molar-refractivity contribution is 4.63. The Labute approximate surface area is 69.8 Å². The summed E-state index contributed by atoms with van der Waals surface area (Å²) in [5.41, 5.74) is 0. The van der Waals surface area contributed by atoms with Crippen molar-refractivity contribution in [3.05, 3.63) is 0 Å². The Bertz CT molecular complexity index is 89.0. The zero-order valence-corrected chi connectivity index (χ0v) is 7.55. The summed E-state index contributed by atoms with van der Waals surface area (Å²) in [4.78, 5) is 0. The molecule has 1 aliphatic rings. The van der Waals surface area contributed by atoms with E-state index in [-0.39, 0.29) is 6.10 Å². The molecule has 11 heavy (non-hydrogen) atoms. The Morgan fingerprint density at radius 2 is 1.64 bits per heavy atom. The topological polar surface area (TPSA) is 20.2 Å². The molecule has 1 heteroatoms. The van der Waals surface area contributed by atoms with Gasteiger partial charge in [0.05, 0.1) is 6.10 Å². The van der Waals surface area contributed by atoms with Crippen LogP contribution in [0.4, 0.5) is 0 Å². The highest BCUT2D eigenvalue weighted by atomic mass is 16.3. The van der Waals surface area contributed by atoms with Gasteiger partial charge in [-0.1, -0.05) is 32.6 Å². The Kier molecular flexibility index (Phi) is 3.92. The minimum Gasteiger partial charge on any atom is -0.393 e. The van der Waals surface area contributed by atoms with Crippen molar-refractivity contribution in [2.45, 2.75) is 58.0 Å². The maximum Gasteiger partial charge on any atom is 0.0540 e. The van der Waals surface area contributed by atoms with E-state index in [9.17, 15) is 5.11 Å². The van der Waals surface area contributed by atoms with E-state index in [0.29, 0.717) is 0 Å². The van der Waals surface area contributed by atoms with Crippen LogP contribution in [0, 0.1) is 5.92 Å². The second kappa shape index (κ2) is 4.76. The Morgan fingerprint density at radius 1 is 0.909 bits per heavy atom. The van der Waals surface area contributed by atoms with Crippen LogP contribution < -0.4 is 0 Å². The first kappa shape index (κ1) is 9.05. The number of hydrogen-bond acceptors (Lipinski definition) is 1. The molecular weight excluding hydrogens is 136 g/mol. The minimum atomic E-state index is -0.00412. The van der Waals surface area contributed by atoms with Gasteiger partial charge in [-0.15, -0.1) is 0 Å². The van der Waals surface area contributed by atoms with Crippen molar-refractivity contribution in [3.63, 3.8) is 0 Å². The van der Waals surface area contributed by atoms with E-state index in [2.05, 4.69) is 6.92 Å². The van der Waals surface area contributed by atoms with Crippen molar-refractivity contribution >= 4 is 0 Å². The van der Waals surface area contributed by atoms with Crippen molar-refractivity contribution in [1.29, 1.82) is 0 Å². The van der Waals surface area contributed by atoms with Crippen molar-refractivity contribution in [2.75, 3.05) is 0 Å². The molecule has 2 atom stereocenters. The lowest BCUT2D eigenvalue weighted by Gasteiger charge is -2.10. The van der Waals surface area contributed by atoms with Gasteiger partial charge in [-0.25, -0.2) is 0 Å². The molecule has 0 saturated heterocycles. The van der Waals surface area contributed by atoms with Gasteiger partial charge in [0.2, 0.25) is 0 Å². The zero-order valence-electron chi connectivity index (χ0n) is 7.55. The van der Waals surface area contributed by atoms with Crippen LogP contribution in [0.1, 0.15) is 51.9 Å². The average molecular weight is 156 g/mol. The number of aliphatic hydroxyl groups is 1. The third-order valence-corrected chi connectivity index (χ3v) is 2.73. The number of rotatable bonds is 0. The molecular formula is C10H20O. The van der Waals surface area contributed by atoms with Gasteiger partial charge in [0, 0.05) is 0 Å². The highest BCUT2D eigenvalue weighted by Gasteiger charge is 2.10. The highest BCUT2D eigenvalue weighted by Crippen LogP contribution is 2.21. The quantitative estimate of drug-likeness (QED) is 0.571. The summed E-state index contributed by atoms with van der Waals surface area (Å²) in [5.74, 6) is 0.836. The van der Waals surface area contributed by atoms with Crippen LogP contribution in [-0.2, 0) is 0 Å². The van der Waals surface area contributed by atoms with Crippen LogP contribution in [0.25, 0.3) is 0 Å². The van der Waals surface area contributed by atoms with Crippen LogP contribution in [-0.4, -0.2) is 11.2 Å². The monoisotopic (exact) mass is 156 g/mol. The first-order valence-electron chi connectivity index (χ1n) is 4.97. The fourth-order valence-corrected chi connectivity index (χ4v) is 1.82.